The Morgan fingerprint density at radius 2 is 2.08 bits per heavy atom. The largest absolute Gasteiger partial charge is 0.350 e. The summed E-state index contributed by atoms with van der Waals surface area (Å²) in [6.45, 7) is 3.24. The molecule has 0 bridgehead atoms. The Hall–Kier alpha value is -2.73. The lowest BCUT2D eigenvalue weighted by molar-refractivity contribution is 0.0952. The second-order valence-electron chi connectivity index (χ2n) is 5.59. The highest BCUT2D eigenvalue weighted by Crippen LogP contribution is 2.19. The van der Waals surface area contributed by atoms with Crippen molar-refractivity contribution in [2.45, 2.75) is 13.5 Å². The van der Waals surface area contributed by atoms with Gasteiger partial charge in [0.1, 0.15) is 5.82 Å². The Balaban J connectivity index is 1.46. The molecule has 4 aromatic rings. The summed E-state index contributed by atoms with van der Waals surface area (Å²) in [4.78, 5) is 21.1. The van der Waals surface area contributed by atoms with E-state index in [1.54, 1.807) is 16.8 Å². The zero-order valence-corrected chi connectivity index (χ0v) is 14.0. The van der Waals surface area contributed by atoms with Gasteiger partial charge in [-0.05, 0) is 37.3 Å². The Morgan fingerprint density at radius 3 is 3.00 bits per heavy atom. The number of imidazole rings is 1. The number of fused-ring (bicyclic) bond motifs is 2. The Morgan fingerprint density at radius 1 is 1.21 bits per heavy atom. The highest BCUT2D eigenvalue weighted by atomic mass is 32.1. The summed E-state index contributed by atoms with van der Waals surface area (Å²) in [5.41, 5.74) is 5.46. The first kappa shape index (κ1) is 14.8. The molecule has 0 unspecified atom stereocenters. The fourth-order valence-electron chi connectivity index (χ4n) is 2.86. The van der Waals surface area contributed by atoms with Gasteiger partial charge in [0.25, 0.3) is 5.91 Å². The number of benzene rings is 2. The van der Waals surface area contributed by atoms with Crippen LogP contribution < -0.4 is 5.32 Å². The van der Waals surface area contributed by atoms with E-state index in [4.69, 9.17) is 0 Å². The third-order valence-corrected chi connectivity index (χ3v) is 4.85. The highest BCUT2D eigenvalue weighted by molar-refractivity contribution is 7.16. The molecule has 0 atom stereocenters. The number of rotatable bonds is 4. The van der Waals surface area contributed by atoms with E-state index >= 15 is 0 Å². The predicted molar refractivity (Wildman–Crippen MR) is 96.4 cm³/mol. The van der Waals surface area contributed by atoms with Crippen LogP contribution in [0.4, 0.5) is 0 Å². The number of nitrogens with one attached hydrogen (secondary N) is 1. The standard InChI is InChI=1S/C18H16N4OS/c1-12-21-14-4-2-3-5-16(14)22(12)9-8-19-18(23)13-6-7-15-17(10-13)24-11-20-15/h2-7,10-11H,8-9H2,1H3,(H,19,23). The van der Waals surface area contributed by atoms with Crippen LogP contribution in [0.5, 0.6) is 0 Å². The van der Waals surface area contributed by atoms with Gasteiger partial charge >= 0.3 is 0 Å². The van der Waals surface area contributed by atoms with E-state index in [0.717, 1.165) is 27.1 Å². The molecular formula is C18H16N4OS. The summed E-state index contributed by atoms with van der Waals surface area (Å²) >= 11 is 1.54. The van der Waals surface area contributed by atoms with E-state index in [1.165, 1.54) is 0 Å². The lowest BCUT2D eigenvalue weighted by atomic mass is 10.2. The molecule has 6 heteroatoms. The van der Waals surface area contributed by atoms with Crippen molar-refractivity contribution in [3.05, 3.63) is 59.4 Å². The third-order valence-electron chi connectivity index (χ3n) is 4.06. The van der Waals surface area contributed by atoms with Crippen LogP contribution in [0.15, 0.2) is 48.0 Å². The van der Waals surface area contributed by atoms with Gasteiger partial charge in [-0.2, -0.15) is 0 Å². The number of thiazole rings is 1. The topological polar surface area (TPSA) is 59.8 Å². The first-order chi connectivity index (χ1) is 11.7. The van der Waals surface area contributed by atoms with Gasteiger partial charge in [0, 0.05) is 18.7 Å². The first-order valence-corrected chi connectivity index (χ1v) is 8.64. The van der Waals surface area contributed by atoms with Gasteiger partial charge in [-0.3, -0.25) is 4.79 Å². The molecule has 0 saturated carbocycles. The summed E-state index contributed by atoms with van der Waals surface area (Å²) in [6.07, 6.45) is 0. The maximum absolute atomic E-state index is 12.3. The summed E-state index contributed by atoms with van der Waals surface area (Å²) in [6, 6.07) is 13.6. The van der Waals surface area contributed by atoms with Crippen LogP contribution in [0, 0.1) is 6.92 Å². The Kier molecular flexibility index (Phi) is 3.74. The van der Waals surface area contributed by atoms with E-state index in [2.05, 4.69) is 25.9 Å². The monoisotopic (exact) mass is 336 g/mol. The molecular weight excluding hydrogens is 320 g/mol. The van der Waals surface area contributed by atoms with E-state index in [0.29, 0.717) is 18.7 Å². The van der Waals surface area contributed by atoms with Crippen molar-refractivity contribution in [3.63, 3.8) is 0 Å². The number of hydrogen-bond donors (Lipinski definition) is 1. The van der Waals surface area contributed by atoms with E-state index in [9.17, 15) is 4.79 Å². The van der Waals surface area contributed by atoms with Crippen LogP contribution in [0.2, 0.25) is 0 Å². The van der Waals surface area contributed by atoms with Crippen molar-refractivity contribution >= 4 is 38.5 Å². The molecule has 0 aliphatic heterocycles. The number of carbonyl (C=O) groups is 1. The SMILES string of the molecule is Cc1nc2ccccc2n1CCNC(=O)c1ccc2ncsc2c1. The fourth-order valence-corrected chi connectivity index (χ4v) is 3.57. The average molecular weight is 336 g/mol. The number of aromatic nitrogens is 3. The van der Waals surface area contributed by atoms with Gasteiger partial charge in [-0.15, -0.1) is 11.3 Å². The maximum Gasteiger partial charge on any atom is 0.251 e. The number of amides is 1. The molecule has 4 rings (SSSR count). The van der Waals surface area contributed by atoms with E-state index in [1.807, 2.05) is 43.3 Å². The van der Waals surface area contributed by atoms with Gasteiger partial charge in [-0.25, -0.2) is 9.97 Å². The van der Waals surface area contributed by atoms with Gasteiger partial charge < -0.3 is 9.88 Å². The number of hydrogen-bond acceptors (Lipinski definition) is 4. The molecule has 120 valence electrons. The van der Waals surface area contributed by atoms with E-state index in [-0.39, 0.29) is 5.91 Å². The van der Waals surface area contributed by atoms with Crippen LogP contribution in [0.3, 0.4) is 0 Å². The van der Waals surface area contributed by atoms with Gasteiger partial charge in [0.05, 0.1) is 26.8 Å². The minimum Gasteiger partial charge on any atom is -0.350 e. The number of carbonyl (C=O) groups excluding carboxylic acids is 1. The van der Waals surface area contributed by atoms with Crippen LogP contribution in [-0.2, 0) is 6.54 Å². The summed E-state index contributed by atoms with van der Waals surface area (Å²) < 4.78 is 3.15. The summed E-state index contributed by atoms with van der Waals surface area (Å²) in [5.74, 6) is 0.893. The fraction of sp³-hybridized carbons (Fsp3) is 0.167. The normalized spacial score (nSPS) is 11.2. The maximum atomic E-state index is 12.3. The van der Waals surface area contributed by atoms with Crippen LogP contribution in [-0.4, -0.2) is 27.0 Å². The van der Waals surface area contributed by atoms with E-state index < -0.39 is 0 Å². The minimum atomic E-state index is -0.0626. The van der Waals surface area contributed by atoms with Crippen molar-refractivity contribution in [3.8, 4) is 0 Å². The molecule has 0 aliphatic rings. The van der Waals surface area contributed by atoms with Gasteiger partial charge in [-0.1, -0.05) is 12.1 Å². The number of nitrogens with zero attached hydrogens (tertiary/aromatic N) is 3. The molecule has 2 aromatic heterocycles. The first-order valence-electron chi connectivity index (χ1n) is 7.76. The lowest BCUT2D eigenvalue weighted by Gasteiger charge is -2.09. The predicted octanol–water partition coefficient (Wildman–Crippen LogP) is 3.38. The Labute approximate surface area is 143 Å². The molecule has 1 amide bonds. The molecule has 1 N–H and O–H groups in total. The van der Waals surface area contributed by atoms with Crippen LogP contribution in [0.1, 0.15) is 16.2 Å². The number of aryl methyl sites for hydroxylation is 1. The molecule has 0 radical (unpaired) electrons. The summed E-state index contributed by atoms with van der Waals surface area (Å²) in [7, 11) is 0. The molecule has 2 heterocycles. The lowest BCUT2D eigenvalue weighted by Crippen LogP contribution is -2.27. The molecule has 0 aliphatic carbocycles. The van der Waals surface area contributed by atoms with Crippen molar-refractivity contribution < 1.29 is 4.79 Å². The van der Waals surface area contributed by atoms with Gasteiger partial charge in [0.15, 0.2) is 0 Å². The molecule has 5 nitrogen and oxygen atoms in total. The van der Waals surface area contributed by atoms with Crippen molar-refractivity contribution in [2.24, 2.45) is 0 Å². The molecule has 24 heavy (non-hydrogen) atoms. The second-order valence-corrected chi connectivity index (χ2v) is 6.48. The zero-order chi connectivity index (χ0) is 16.5. The van der Waals surface area contributed by atoms with Crippen LogP contribution >= 0.6 is 11.3 Å². The van der Waals surface area contributed by atoms with Crippen molar-refractivity contribution in [1.82, 2.24) is 19.9 Å². The minimum absolute atomic E-state index is 0.0626. The summed E-state index contributed by atoms with van der Waals surface area (Å²) in [5, 5.41) is 2.98. The van der Waals surface area contributed by atoms with Crippen molar-refractivity contribution in [1.29, 1.82) is 0 Å². The highest BCUT2D eigenvalue weighted by Gasteiger charge is 2.09. The third kappa shape index (κ3) is 2.65. The molecule has 0 fully saturated rings. The van der Waals surface area contributed by atoms with Gasteiger partial charge in [0.2, 0.25) is 0 Å². The molecule has 0 saturated heterocycles. The average Bonchev–Trinajstić information content (AvgIpc) is 3.18. The smallest absolute Gasteiger partial charge is 0.251 e. The quantitative estimate of drug-likeness (QED) is 0.621. The zero-order valence-electron chi connectivity index (χ0n) is 13.2. The Bertz CT molecular complexity index is 1030. The van der Waals surface area contributed by atoms with Crippen LogP contribution in [0.25, 0.3) is 21.3 Å². The second kappa shape index (κ2) is 6.05. The molecule has 2 aromatic carbocycles. The van der Waals surface area contributed by atoms with Crippen molar-refractivity contribution in [2.75, 3.05) is 6.54 Å². The molecule has 0 spiro atoms. The number of para-hydroxylation sites is 2.